The molecule has 4 rings (SSSR count). The molecule has 2 amide bonds. The lowest BCUT2D eigenvalue weighted by atomic mass is 10.1. The van der Waals surface area contributed by atoms with E-state index in [1.54, 1.807) is 17.0 Å². The van der Waals surface area contributed by atoms with Crippen molar-refractivity contribution >= 4 is 40.1 Å². The summed E-state index contributed by atoms with van der Waals surface area (Å²) in [5, 5.41) is 0.598. The fourth-order valence-electron chi connectivity index (χ4n) is 4.16. The fraction of sp³-hybridized carbons (Fsp3) is 0.348. The molecular formula is C23H25ClN4O2. The van der Waals surface area contributed by atoms with E-state index >= 15 is 0 Å². The predicted octanol–water partition coefficient (Wildman–Crippen LogP) is 4.08. The molecule has 0 saturated carbocycles. The number of aromatic nitrogens is 2. The molecule has 0 radical (unpaired) electrons. The van der Waals surface area contributed by atoms with Crippen LogP contribution in [-0.4, -0.2) is 45.9 Å². The van der Waals surface area contributed by atoms with Crippen LogP contribution in [0.15, 0.2) is 48.5 Å². The summed E-state index contributed by atoms with van der Waals surface area (Å²) < 4.78 is 1.98. The summed E-state index contributed by atoms with van der Waals surface area (Å²) in [6.45, 7) is 6.03. The van der Waals surface area contributed by atoms with Gasteiger partial charge in [0.05, 0.1) is 11.0 Å². The van der Waals surface area contributed by atoms with Gasteiger partial charge in [-0.1, -0.05) is 29.8 Å². The van der Waals surface area contributed by atoms with Gasteiger partial charge in [0, 0.05) is 42.7 Å². The van der Waals surface area contributed by atoms with Gasteiger partial charge in [-0.25, -0.2) is 4.98 Å². The van der Waals surface area contributed by atoms with E-state index in [0.29, 0.717) is 31.1 Å². The van der Waals surface area contributed by atoms with Crippen molar-refractivity contribution in [2.45, 2.75) is 32.7 Å². The fourth-order valence-corrected chi connectivity index (χ4v) is 4.34. The second-order valence-corrected chi connectivity index (χ2v) is 7.93. The van der Waals surface area contributed by atoms with Crippen LogP contribution in [-0.2, 0) is 16.1 Å². The molecule has 1 aliphatic heterocycles. The molecule has 1 saturated heterocycles. The second-order valence-electron chi connectivity index (χ2n) is 7.50. The molecule has 0 N–H and O–H groups in total. The number of nitrogens with zero attached hydrogens (tertiary/aromatic N) is 4. The lowest BCUT2D eigenvalue weighted by Gasteiger charge is -2.21. The summed E-state index contributed by atoms with van der Waals surface area (Å²) in [7, 11) is 0. The summed E-state index contributed by atoms with van der Waals surface area (Å²) in [6.07, 6.45) is 0.356. The first-order valence-electron chi connectivity index (χ1n) is 10.3. The minimum Gasteiger partial charge on any atom is -0.342 e. The number of carbonyl (C=O) groups is 2. The van der Waals surface area contributed by atoms with Crippen molar-refractivity contribution in [3.05, 3.63) is 59.4 Å². The number of benzene rings is 2. The van der Waals surface area contributed by atoms with Crippen molar-refractivity contribution in [2.24, 2.45) is 0 Å². The number of hydrogen-bond acceptors (Lipinski definition) is 3. The first kappa shape index (κ1) is 20.4. The molecule has 0 aliphatic carbocycles. The zero-order valence-electron chi connectivity index (χ0n) is 17.2. The Kier molecular flexibility index (Phi) is 5.77. The molecule has 1 unspecified atom stereocenters. The Morgan fingerprint density at radius 1 is 1.17 bits per heavy atom. The minimum atomic E-state index is -0.0895. The molecule has 156 valence electrons. The van der Waals surface area contributed by atoms with E-state index in [9.17, 15) is 9.59 Å². The molecule has 30 heavy (non-hydrogen) atoms. The van der Waals surface area contributed by atoms with Crippen LogP contribution in [0.2, 0.25) is 5.02 Å². The number of amides is 2. The van der Waals surface area contributed by atoms with Gasteiger partial charge in [-0.2, -0.15) is 0 Å². The van der Waals surface area contributed by atoms with Gasteiger partial charge in [0.1, 0.15) is 12.4 Å². The van der Waals surface area contributed by atoms with Gasteiger partial charge in [0.25, 0.3) is 0 Å². The van der Waals surface area contributed by atoms with Crippen LogP contribution in [0.25, 0.3) is 11.0 Å². The van der Waals surface area contributed by atoms with Gasteiger partial charge in [-0.05, 0) is 44.2 Å². The number of imidazole rings is 1. The molecule has 0 spiro atoms. The zero-order chi connectivity index (χ0) is 21.3. The lowest BCUT2D eigenvalue weighted by molar-refractivity contribution is -0.131. The minimum absolute atomic E-state index is 0.0379. The molecular weight excluding hydrogens is 400 g/mol. The molecule has 2 heterocycles. The van der Waals surface area contributed by atoms with Crippen molar-refractivity contribution in [2.75, 3.05) is 24.5 Å². The van der Waals surface area contributed by atoms with Crippen molar-refractivity contribution in [3.63, 3.8) is 0 Å². The number of fused-ring (bicyclic) bond motifs is 1. The molecule has 1 fully saturated rings. The Morgan fingerprint density at radius 2 is 1.93 bits per heavy atom. The Balaban J connectivity index is 1.69. The van der Waals surface area contributed by atoms with Crippen LogP contribution in [0.1, 0.15) is 32.0 Å². The monoisotopic (exact) mass is 424 g/mol. The number of likely N-dealkylation sites (N-methyl/N-ethyl adjacent to an activating group) is 1. The van der Waals surface area contributed by atoms with Gasteiger partial charge in [0.15, 0.2) is 0 Å². The SMILES string of the molecule is CCN(CC)C(=O)Cn1c(C2CC(=O)N(c3cccc(Cl)c3)C2)nc2ccccc21. The average molecular weight is 425 g/mol. The first-order valence-corrected chi connectivity index (χ1v) is 10.7. The van der Waals surface area contributed by atoms with Crippen LogP contribution in [0.5, 0.6) is 0 Å². The Hall–Kier alpha value is -2.86. The Labute approximate surface area is 181 Å². The highest BCUT2D eigenvalue weighted by atomic mass is 35.5. The third-order valence-electron chi connectivity index (χ3n) is 5.70. The molecule has 2 aromatic carbocycles. The highest BCUT2D eigenvalue weighted by Gasteiger charge is 2.35. The van der Waals surface area contributed by atoms with Crippen LogP contribution in [0.4, 0.5) is 5.69 Å². The zero-order valence-corrected chi connectivity index (χ0v) is 18.0. The summed E-state index contributed by atoms with van der Waals surface area (Å²) in [5.41, 5.74) is 2.55. The highest BCUT2D eigenvalue weighted by Crippen LogP contribution is 2.34. The van der Waals surface area contributed by atoms with Gasteiger partial charge in [-0.15, -0.1) is 0 Å². The Morgan fingerprint density at radius 3 is 2.67 bits per heavy atom. The van der Waals surface area contributed by atoms with E-state index in [0.717, 1.165) is 22.5 Å². The third-order valence-corrected chi connectivity index (χ3v) is 5.94. The number of halogens is 1. The molecule has 1 aromatic heterocycles. The van der Waals surface area contributed by atoms with Crippen LogP contribution < -0.4 is 4.90 Å². The van der Waals surface area contributed by atoms with Gasteiger partial charge in [-0.3, -0.25) is 9.59 Å². The quantitative estimate of drug-likeness (QED) is 0.599. The van der Waals surface area contributed by atoms with E-state index in [1.165, 1.54) is 0 Å². The Bertz CT molecular complexity index is 1090. The largest absolute Gasteiger partial charge is 0.342 e. The summed E-state index contributed by atoms with van der Waals surface area (Å²) in [5.74, 6) is 0.791. The van der Waals surface area contributed by atoms with E-state index in [4.69, 9.17) is 16.6 Å². The van der Waals surface area contributed by atoms with Gasteiger partial charge >= 0.3 is 0 Å². The topological polar surface area (TPSA) is 58.4 Å². The number of anilines is 1. The van der Waals surface area contributed by atoms with Crippen LogP contribution >= 0.6 is 11.6 Å². The number of hydrogen-bond donors (Lipinski definition) is 0. The van der Waals surface area contributed by atoms with Crippen LogP contribution in [0, 0.1) is 0 Å². The standard InChI is InChI=1S/C23H25ClN4O2/c1-3-26(4-2)22(30)15-28-20-11-6-5-10-19(20)25-23(28)16-12-21(29)27(14-16)18-9-7-8-17(24)13-18/h5-11,13,16H,3-4,12,14-15H2,1-2H3. The van der Waals surface area contributed by atoms with E-state index in [1.807, 2.05) is 59.7 Å². The summed E-state index contributed by atoms with van der Waals surface area (Å²) >= 11 is 6.12. The third kappa shape index (κ3) is 3.79. The van der Waals surface area contributed by atoms with Gasteiger partial charge < -0.3 is 14.4 Å². The molecule has 1 atom stereocenters. The number of para-hydroxylation sites is 2. The lowest BCUT2D eigenvalue weighted by Crippen LogP contribution is -2.34. The smallest absolute Gasteiger partial charge is 0.242 e. The van der Waals surface area contributed by atoms with Crippen molar-refractivity contribution < 1.29 is 9.59 Å². The predicted molar refractivity (Wildman–Crippen MR) is 119 cm³/mol. The second kappa shape index (κ2) is 8.48. The number of rotatable bonds is 6. The number of carbonyl (C=O) groups excluding carboxylic acids is 2. The molecule has 7 heteroatoms. The summed E-state index contributed by atoms with van der Waals surface area (Å²) in [6, 6.07) is 15.1. The van der Waals surface area contributed by atoms with Gasteiger partial charge in [0.2, 0.25) is 11.8 Å². The van der Waals surface area contributed by atoms with Crippen molar-refractivity contribution in [1.29, 1.82) is 0 Å². The molecule has 3 aromatic rings. The molecule has 6 nitrogen and oxygen atoms in total. The van der Waals surface area contributed by atoms with E-state index < -0.39 is 0 Å². The van der Waals surface area contributed by atoms with Crippen molar-refractivity contribution in [3.8, 4) is 0 Å². The van der Waals surface area contributed by atoms with Crippen LogP contribution in [0.3, 0.4) is 0 Å². The highest BCUT2D eigenvalue weighted by molar-refractivity contribution is 6.30. The maximum absolute atomic E-state index is 12.9. The molecule has 1 aliphatic rings. The first-order chi connectivity index (χ1) is 14.5. The normalized spacial score (nSPS) is 16.4. The molecule has 0 bridgehead atoms. The maximum Gasteiger partial charge on any atom is 0.242 e. The maximum atomic E-state index is 12.9. The average Bonchev–Trinajstić information content (AvgIpc) is 3.30. The summed E-state index contributed by atoms with van der Waals surface area (Å²) in [4.78, 5) is 34.0. The van der Waals surface area contributed by atoms with E-state index in [2.05, 4.69) is 0 Å². The van der Waals surface area contributed by atoms with E-state index in [-0.39, 0.29) is 24.3 Å². The van der Waals surface area contributed by atoms with Crippen molar-refractivity contribution in [1.82, 2.24) is 14.5 Å².